The largest absolute Gasteiger partial charge is 0.497 e. The number of carbonyl (C=O) groups is 4. The van der Waals surface area contributed by atoms with Crippen LogP contribution in [0.2, 0.25) is 0 Å². The number of aromatic amines is 8. The molecule has 131 heavy (non-hydrogen) atoms. The Bertz CT molecular complexity index is 7180. The summed E-state index contributed by atoms with van der Waals surface area (Å²) in [4.78, 5) is 71.7. The number of carboxylic acids is 3. The SMILES string of the molecule is COc1ccc2[nH]c3c(c2c1)CC(O)CC3.COc1ccc2[nH]c3c(c2c1)CCC(C(=O)O)C3.COc1ccc2[nH]c3c(c2c1)CCCC3.COc1ccc2[nH]c3c(c2c1)CS(=O)(=O)CC3.Cc1ccc(C)c2c3c([nH]c12)CCC(O)C3.Cc1ccc2c3c([nH]c2c1C)CCC(O)C3.O=C(O)c1ccc2[nH]c3c(c2c1)CCCC3.O=C(O)c1ccc2[nH]c3c(c2c1)CCCC3=O. The van der Waals surface area contributed by atoms with Crippen molar-refractivity contribution in [3.8, 4) is 23.0 Å². The van der Waals surface area contributed by atoms with Crippen LogP contribution < -0.4 is 18.9 Å². The summed E-state index contributed by atoms with van der Waals surface area (Å²) in [6.07, 6.45) is 22.0. The van der Waals surface area contributed by atoms with E-state index in [-0.39, 0.29) is 47.1 Å². The molecule has 0 fully saturated rings. The van der Waals surface area contributed by atoms with E-state index in [1.807, 2.05) is 66.7 Å². The summed E-state index contributed by atoms with van der Waals surface area (Å²) in [6.45, 7) is 8.59. The zero-order valence-corrected chi connectivity index (χ0v) is 76.4. The van der Waals surface area contributed by atoms with E-state index in [9.17, 15) is 42.9 Å². The predicted octanol–water partition coefficient (Wildman–Crippen LogP) is 19.5. The number of ether oxygens (including phenoxy) is 4. The average Bonchev–Trinajstić information content (AvgIpc) is 1.61. The van der Waals surface area contributed by atoms with Gasteiger partial charge in [0.15, 0.2) is 15.6 Å². The fraction of sp³-hybridized carbons (Fsp3) is 0.358. The second kappa shape index (κ2) is 38.3. The third-order valence-electron chi connectivity index (χ3n) is 27.9. The Labute approximate surface area is 759 Å². The number of aromatic nitrogens is 8. The minimum Gasteiger partial charge on any atom is -0.497 e. The summed E-state index contributed by atoms with van der Waals surface area (Å²) < 4.78 is 44.2. The molecule has 24 nitrogen and oxygen atoms in total. The number of aliphatic hydroxyl groups is 3. The number of rotatable bonds is 7. The Morgan fingerprint density at radius 2 is 0.733 bits per heavy atom. The first-order valence-electron chi connectivity index (χ1n) is 45.8. The number of hydrogen-bond donors (Lipinski definition) is 14. The number of hydrogen-bond acceptors (Lipinski definition) is 13. The maximum Gasteiger partial charge on any atom is 0.335 e. The minimum absolute atomic E-state index is 0.124. The first-order chi connectivity index (χ1) is 63.2. The van der Waals surface area contributed by atoms with Crippen LogP contribution in [0.15, 0.2) is 133 Å². The van der Waals surface area contributed by atoms with Crippen molar-refractivity contribution < 1.29 is 77.2 Å². The molecule has 4 atom stereocenters. The lowest BCUT2D eigenvalue weighted by atomic mass is 9.87. The molecular weight excluding hydrogens is 1670 g/mol. The number of fused-ring (bicyclic) bond motifs is 24. The molecule has 16 aromatic rings. The number of aromatic carboxylic acids is 2. The quantitative estimate of drug-likeness (QED) is 0.0705. The van der Waals surface area contributed by atoms with Crippen molar-refractivity contribution in [1.29, 1.82) is 0 Å². The van der Waals surface area contributed by atoms with Crippen LogP contribution in [0.25, 0.3) is 87.2 Å². The van der Waals surface area contributed by atoms with Crippen molar-refractivity contribution in [1.82, 2.24) is 39.9 Å². The van der Waals surface area contributed by atoms with E-state index in [1.165, 1.54) is 161 Å². The first-order valence-corrected chi connectivity index (χ1v) is 47.7. The van der Waals surface area contributed by atoms with Gasteiger partial charge in [-0.1, -0.05) is 24.3 Å². The van der Waals surface area contributed by atoms with Crippen LogP contribution in [-0.4, -0.2) is 155 Å². The molecule has 9 heterocycles. The standard InChI is InChI=1S/C14H15NO3.2C14H17NO.C13H11NO3.C13H15NO2.C13H13NO2.C13H15NO.C12H13NO3S/c1-18-9-3-5-12-11(7-9)10-4-2-8(14(16)17)6-13(10)15-12;1-8-3-5-11-12-7-10(16)4-6-13(12)15-14(11)9(8)2;1-8-3-4-9(2)14-13(8)11-7-10(16)5-6-12(11)15-14;15-11-3-1-2-8-9-6-7(13(16)17)4-5-10(9)14-12(8)11;1-16-9-3-5-13-11(7-9)10-6-8(15)2-4-12(10)14-13;15-13(16)8-5-6-12-10(7-8)9-3-1-2-4-11(9)14-12;1-15-9-6-7-13-11(8-9)10-4-2-3-5-12(10)14-13;1-16-8-2-3-11-9(6-8)10-7-17(14,15)5-4-12(10)13-11/h3,5,7-8,15H,2,4,6H2,1H3,(H,16,17);3,5,10,15-16H,4,6-7H2,1-2H3;3-4,10,15-16H,5-7H2,1-2H3;4-6,14H,1-3H2,(H,16,17);3,5,7-8,14-15H,2,4,6H2,1H3;5-7,14H,1-4H2,(H,15,16);6-8,14H,2-5H2,1H3;2-3,6,13H,4-5,7H2,1H3. The fourth-order valence-corrected chi connectivity index (χ4v) is 22.0. The van der Waals surface area contributed by atoms with E-state index in [2.05, 4.69) is 104 Å². The second-order valence-corrected chi connectivity index (χ2v) is 38.4. The molecule has 0 bridgehead atoms. The molecule has 8 aromatic carbocycles. The van der Waals surface area contributed by atoms with E-state index in [1.54, 1.807) is 58.8 Å². The van der Waals surface area contributed by atoms with Crippen molar-refractivity contribution in [3.05, 3.63) is 257 Å². The first kappa shape index (κ1) is 90.1. The number of ketones is 1. The lowest BCUT2D eigenvalue weighted by Gasteiger charge is -2.18. The minimum atomic E-state index is -2.94. The number of carboxylic acid groups (broad SMARTS) is 3. The highest BCUT2D eigenvalue weighted by Gasteiger charge is 2.31. The van der Waals surface area contributed by atoms with Gasteiger partial charge in [0, 0.05) is 166 Å². The number of H-pyrrole nitrogens is 8. The number of benzene rings is 8. The molecule has 0 saturated heterocycles. The van der Waals surface area contributed by atoms with E-state index in [0.717, 1.165) is 185 Å². The van der Waals surface area contributed by atoms with Gasteiger partial charge in [0.1, 0.15) is 23.0 Å². The summed E-state index contributed by atoms with van der Waals surface area (Å²) in [7, 11) is 3.72. The molecule has 4 unspecified atom stereocenters. The average molecular weight is 1790 g/mol. The molecule has 24 rings (SSSR count). The summed E-state index contributed by atoms with van der Waals surface area (Å²) in [5.41, 5.74) is 34.1. The van der Waals surface area contributed by atoms with Gasteiger partial charge in [0.05, 0.1) is 81.0 Å². The lowest BCUT2D eigenvalue weighted by Crippen LogP contribution is -2.21. The molecule has 14 N–H and O–H groups in total. The molecule has 0 radical (unpaired) electrons. The molecule has 682 valence electrons. The molecular formula is C106H116N8O16S. The highest BCUT2D eigenvalue weighted by atomic mass is 32.2. The van der Waals surface area contributed by atoms with Crippen LogP contribution in [0.1, 0.15) is 202 Å². The predicted molar refractivity (Wildman–Crippen MR) is 514 cm³/mol. The van der Waals surface area contributed by atoms with Crippen LogP contribution in [0.4, 0.5) is 0 Å². The molecule has 1 aliphatic heterocycles. The maximum absolute atomic E-state index is 11.7. The molecule has 8 aliphatic rings. The van der Waals surface area contributed by atoms with Crippen LogP contribution in [0, 0.1) is 33.6 Å². The normalized spacial score (nSPS) is 17.7. The molecule has 7 aliphatic carbocycles. The van der Waals surface area contributed by atoms with Gasteiger partial charge in [0.25, 0.3) is 0 Å². The Hall–Kier alpha value is -12.8. The maximum atomic E-state index is 11.7. The molecule has 0 spiro atoms. The van der Waals surface area contributed by atoms with Gasteiger partial charge in [-0.15, -0.1) is 0 Å². The van der Waals surface area contributed by atoms with Gasteiger partial charge in [-0.05, 0) is 319 Å². The van der Waals surface area contributed by atoms with Gasteiger partial charge >= 0.3 is 17.9 Å². The number of carbonyl (C=O) groups excluding carboxylic acids is 1. The monoisotopic (exact) mass is 1790 g/mol. The number of aliphatic hydroxyl groups excluding tert-OH is 3. The molecule has 0 amide bonds. The number of aliphatic carboxylic acids is 1. The van der Waals surface area contributed by atoms with Crippen LogP contribution in [0.3, 0.4) is 0 Å². The Morgan fingerprint density at radius 3 is 1.24 bits per heavy atom. The Balaban J connectivity index is 0.000000105. The Morgan fingerprint density at radius 1 is 0.344 bits per heavy atom. The van der Waals surface area contributed by atoms with Crippen LogP contribution in [-0.2, 0) is 110 Å². The van der Waals surface area contributed by atoms with Gasteiger partial charge < -0.3 is 89.5 Å². The second-order valence-electron chi connectivity index (χ2n) is 36.2. The smallest absolute Gasteiger partial charge is 0.335 e. The zero-order chi connectivity index (χ0) is 91.8. The topological polar surface area (TPSA) is 387 Å². The lowest BCUT2D eigenvalue weighted by molar-refractivity contribution is -0.142. The van der Waals surface area contributed by atoms with E-state index >= 15 is 0 Å². The third kappa shape index (κ3) is 19.0. The molecule has 25 heteroatoms. The highest BCUT2D eigenvalue weighted by Crippen LogP contribution is 2.41. The van der Waals surface area contributed by atoms with E-state index < -0.39 is 27.7 Å². The summed E-state index contributed by atoms with van der Waals surface area (Å²) >= 11 is 0. The van der Waals surface area contributed by atoms with Gasteiger partial charge in [0.2, 0.25) is 0 Å². The number of methoxy groups -OCH3 is 4. The van der Waals surface area contributed by atoms with Crippen molar-refractivity contribution in [2.24, 2.45) is 5.92 Å². The number of aryl methyl sites for hydroxylation is 14. The highest BCUT2D eigenvalue weighted by molar-refractivity contribution is 7.90. The van der Waals surface area contributed by atoms with Crippen molar-refractivity contribution in [2.45, 2.75) is 206 Å². The van der Waals surface area contributed by atoms with Crippen LogP contribution in [0.5, 0.6) is 23.0 Å². The van der Waals surface area contributed by atoms with Crippen molar-refractivity contribution in [2.75, 3.05) is 34.2 Å². The van der Waals surface area contributed by atoms with E-state index in [4.69, 9.17) is 34.3 Å². The van der Waals surface area contributed by atoms with Crippen molar-refractivity contribution >= 4 is 121 Å². The Kier molecular flexibility index (Phi) is 26.4. The molecule has 8 aromatic heterocycles. The number of Topliss-reactive ketones (excluding diaryl/α,β-unsaturated/α-hetero) is 1. The number of nitrogens with one attached hydrogen (secondary N) is 8. The van der Waals surface area contributed by atoms with Gasteiger partial charge in [-0.3, -0.25) is 9.59 Å². The van der Waals surface area contributed by atoms with Gasteiger partial charge in [-0.2, -0.15) is 0 Å². The number of sulfone groups is 1. The van der Waals surface area contributed by atoms with Crippen LogP contribution >= 0.6 is 0 Å². The van der Waals surface area contributed by atoms with Crippen molar-refractivity contribution in [3.63, 3.8) is 0 Å². The summed E-state index contributed by atoms with van der Waals surface area (Å²) in [6, 6.07) is 42.9. The van der Waals surface area contributed by atoms with Gasteiger partial charge in [-0.25, -0.2) is 18.0 Å². The summed E-state index contributed by atoms with van der Waals surface area (Å²) in [5, 5.41) is 65.5. The molecule has 0 saturated carbocycles. The fourth-order valence-electron chi connectivity index (χ4n) is 20.6. The zero-order valence-electron chi connectivity index (χ0n) is 75.6. The summed E-state index contributed by atoms with van der Waals surface area (Å²) in [5.74, 6) is 1.16. The van der Waals surface area contributed by atoms with E-state index in [0.29, 0.717) is 36.9 Å². The third-order valence-corrected chi connectivity index (χ3v) is 29.4.